The number of rotatable bonds is 3. The molecule has 2 unspecified atom stereocenters. The minimum atomic E-state index is -1.83. The van der Waals surface area contributed by atoms with Crippen LogP contribution in [-0.2, 0) is 11.2 Å². The Morgan fingerprint density at radius 1 is 1.30 bits per heavy atom. The maximum absolute atomic E-state index is 12.1. The third-order valence-corrected chi connectivity index (χ3v) is 4.19. The van der Waals surface area contributed by atoms with Crippen LogP contribution in [0.5, 0.6) is 0 Å². The SMILES string of the molecule is Cc1cc(Cl)ccc1CC(=O)NC1CCCC(C)C1.O=C(O)O. The van der Waals surface area contributed by atoms with E-state index in [1.165, 1.54) is 12.8 Å². The van der Waals surface area contributed by atoms with Crippen molar-refractivity contribution in [3.63, 3.8) is 0 Å². The quantitative estimate of drug-likeness (QED) is 0.772. The van der Waals surface area contributed by atoms with E-state index < -0.39 is 6.16 Å². The molecule has 1 amide bonds. The van der Waals surface area contributed by atoms with E-state index in [-0.39, 0.29) is 5.91 Å². The van der Waals surface area contributed by atoms with Gasteiger partial charge in [-0.25, -0.2) is 4.79 Å². The molecule has 1 aliphatic carbocycles. The van der Waals surface area contributed by atoms with Crippen LogP contribution >= 0.6 is 11.6 Å². The summed E-state index contributed by atoms with van der Waals surface area (Å²) in [5.41, 5.74) is 2.14. The van der Waals surface area contributed by atoms with Crippen LogP contribution in [0.2, 0.25) is 5.02 Å². The first kappa shape index (κ1) is 19.3. The van der Waals surface area contributed by atoms with E-state index in [2.05, 4.69) is 12.2 Å². The number of aryl methyl sites for hydroxylation is 1. The number of hydrogen-bond acceptors (Lipinski definition) is 2. The first-order valence-corrected chi connectivity index (χ1v) is 8.12. The lowest BCUT2D eigenvalue weighted by atomic mass is 9.87. The Kier molecular flexibility index (Phi) is 7.89. The van der Waals surface area contributed by atoms with Crippen LogP contribution < -0.4 is 5.32 Å². The van der Waals surface area contributed by atoms with Crippen molar-refractivity contribution in [1.29, 1.82) is 0 Å². The zero-order valence-corrected chi connectivity index (χ0v) is 14.3. The molecule has 0 heterocycles. The largest absolute Gasteiger partial charge is 0.503 e. The molecule has 1 aliphatic rings. The molecule has 0 radical (unpaired) electrons. The third kappa shape index (κ3) is 7.88. The summed E-state index contributed by atoms with van der Waals surface area (Å²) in [5, 5.41) is 17.8. The smallest absolute Gasteiger partial charge is 0.450 e. The molecule has 0 aliphatic heterocycles. The number of hydrogen-bond donors (Lipinski definition) is 3. The van der Waals surface area contributed by atoms with E-state index in [4.69, 9.17) is 26.6 Å². The van der Waals surface area contributed by atoms with Gasteiger partial charge in [0.05, 0.1) is 6.42 Å². The summed E-state index contributed by atoms with van der Waals surface area (Å²) in [6.45, 7) is 4.26. The van der Waals surface area contributed by atoms with Gasteiger partial charge in [0.2, 0.25) is 5.91 Å². The van der Waals surface area contributed by atoms with Crippen molar-refractivity contribution in [3.05, 3.63) is 34.3 Å². The van der Waals surface area contributed by atoms with Gasteiger partial charge in [-0.15, -0.1) is 0 Å². The number of amides is 1. The molecular weight excluding hydrogens is 318 g/mol. The maximum atomic E-state index is 12.1. The van der Waals surface area contributed by atoms with Crippen LogP contribution in [0.15, 0.2) is 18.2 Å². The molecule has 0 aromatic heterocycles. The molecule has 6 heteroatoms. The number of halogens is 1. The van der Waals surface area contributed by atoms with Crippen molar-refractivity contribution < 1.29 is 19.8 Å². The number of nitrogens with one attached hydrogen (secondary N) is 1. The summed E-state index contributed by atoms with van der Waals surface area (Å²) in [4.78, 5) is 20.6. The van der Waals surface area contributed by atoms with E-state index in [1.54, 1.807) is 0 Å². The molecule has 3 N–H and O–H groups in total. The van der Waals surface area contributed by atoms with E-state index in [0.717, 1.165) is 34.9 Å². The van der Waals surface area contributed by atoms with Crippen LogP contribution in [0.1, 0.15) is 43.7 Å². The Hall–Kier alpha value is -1.75. The number of carbonyl (C=O) groups excluding carboxylic acids is 1. The van der Waals surface area contributed by atoms with Crippen molar-refractivity contribution in [2.75, 3.05) is 0 Å². The van der Waals surface area contributed by atoms with Gasteiger partial charge in [-0.1, -0.05) is 37.4 Å². The second kappa shape index (κ2) is 9.40. The highest BCUT2D eigenvalue weighted by Crippen LogP contribution is 2.23. The average molecular weight is 342 g/mol. The van der Waals surface area contributed by atoms with Gasteiger partial charge in [-0.3, -0.25) is 4.79 Å². The number of benzene rings is 1. The molecule has 0 spiro atoms. The molecule has 0 saturated heterocycles. The van der Waals surface area contributed by atoms with Gasteiger partial charge < -0.3 is 15.5 Å². The predicted molar refractivity (Wildman–Crippen MR) is 90.1 cm³/mol. The van der Waals surface area contributed by atoms with Crippen LogP contribution in [0.25, 0.3) is 0 Å². The number of carboxylic acid groups (broad SMARTS) is 2. The molecule has 5 nitrogen and oxygen atoms in total. The molecule has 2 atom stereocenters. The summed E-state index contributed by atoms with van der Waals surface area (Å²) < 4.78 is 0. The summed E-state index contributed by atoms with van der Waals surface area (Å²) in [5.74, 6) is 0.862. The summed E-state index contributed by atoms with van der Waals surface area (Å²) in [7, 11) is 0. The number of carbonyl (C=O) groups is 2. The predicted octanol–water partition coefficient (Wildman–Crippen LogP) is 4.11. The summed E-state index contributed by atoms with van der Waals surface area (Å²) in [6.07, 6.45) is 3.38. The Labute approximate surface area is 141 Å². The van der Waals surface area contributed by atoms with Crippen molar-refractivity contribution >= 4 is 23.7 Å². The first-order valence-electron chi connectivity index (χ1n) is 7.74. The van der Waals surface area contributed by atoms with Gasteiger partial charge in [0.1, 0.15) is 0 Å². The highest BCUT2D eigenvalue weighted by atomic mass is 35.5. The minimum absolute atomic E-state index is 0.129. The van der Waals surface area contributed by atoms with Crippen molar-refractivity contribution in [2.45, 2.75) is 52.0 Å². The minimum Gasteiger partial charge on any atom is -0.450 e. The Balaban J connectivity index is 0.000000593. The van der Waals surface area contributed by atoms with Gasteiger partial charge >= 0.3 is 6.16 Å². The Bertz CT molecular complexity index is 543. The molecule has 1 aromatic rings. The average Bonchev–Trinajstić information content (AvgIpc) is 2.41. The zero-order valence-electron chi connectivity index (χ0n) is 13.5. The van der Waals surface area contributed by atoms with Crippen molar-refractivity contribution in [1.82, 2.24) is 5.32 Å². The second-order valence-electron chi connectivity index (χ2n) is 6.07. The lowest BCUT2D eigenvalue weighted by Gasteiger charge is -2.27. The van der Waals surface area contributed by atoms with Gasteiger partial charge in [0, 0.05) is 11.1 Å². The van der Waals surface area contributed by atoms with Crippen LogP contribution in [-0.4, -0.2) is 28.3 Å². The van der Waals surface area contributed by atoms with Gasteiger partial charge in [0.15, 0.2) is 0 Å². The zero-order chi connectivity index (χ0) is 17.4. The molecular formula is C17H24ClNO4. The van der Waals surface area contributed by atoms with Crippen LogP contribution in [0.4, 0.5) is 4.79 Å². The highest BCUT2D eigenvalue weighted by molar-refractivity contribution is 6.30. The maximum Gasteiger partial charge on any atom is 0.503 e. The Morgan fingerprint density at radius 2 is 1.96 bits per heavy atom. The van der Waals surface area contributed by atoms with Gasteiger partial charge in [0.25, 0.3) is 0 Å². The van der Waals surface area contributed by atoms with Gasteiger partial charge in [-0.05, 0) is 48.9 Å². The van der Waals surface area contributed by atoms with Gasteiger partial charge in [-0.2, -0.15) is 0 Å². The third-order valence-electron chi connectivity index (χ3n) is 3.96. The second-order valence-corrected chi connectivity index (χ2v) is 6.50. The standard InChI is InChI=1S/C16H22ClNO.CH2O3/c1-11-4-3-5-15(8-11)18-16(19)10-13-6-7-14(17)9-12(13)2;2-1(3)4/h6-7,9,11,15H,3-5,8,10H2,1-2H3,(H,18,19);(H2,2,3,4). The monoisotopic (exact) mass is 341 g/mol. The van der Waals surface area contributed by atoms with Crippen LogP contribution in [0.3, 0.4) is 0 Å². The molecule has 0 bridgehead atoms. The molecule has 2 rings (SSSR count). The van der Waals surface area contributed by atoms with Crippen molar-refractivity contribution in [3.8, 4) is 0 Å². The molecule has 23 heavy (non-hydrogen) atoms. The molecule has 128 valence electrons. The first-order chi connectivity index (χ1) is 10.8. The Morgan fingerprint density at radius 3 is 2.52 bits per heavy atom. The van der Waals surface area contributed by atoms with E-state index in [9.17, 15) is 4.79 Å². The fourth-order valence-corrected chi connectivity index (χ4v) is 3.10. The lowest BCUT2D eigenvalue weighted by molar-refractivity contribution is -0.121. The van der Waals surface area contributed by atoms with E-state index in [1.807, 2.05) is 25.1 Å². The highest BCUT2D eigenvalue weighted by Gasteiger charge is 2.20. The molecule has 1 saturated carbocycles. The normalized spacial score (nSPS) is 20.1. The topological polar surface area (TPSA) is 86.6 Å². The molecule has 1 aromatic carbocycles. The summed E-state index contributed by atoms with van der Waals surface area (Å²) >= 11 is 5.92. The van der Waals surface area contributed by atoms with Crippen LogP contribution in [0, 0.1) is 12.8 Å². The molecule has 1 fully saturated rings. The van der Waals surface area contributed by atoms with E-state index >= 15 is 0 Å². The van der Waals surface area contributed by atoms with Crippen molar-refractivity contribution in [2.24, 2.45) is 5.92 Å². The van der Waals surface area contributed by atoms with E-state index in [0.29, 0.717) is 12.5 Å². The fourth-order valence-electron chi connectivity index (χ4n) is 2.87. The lowest BCUT2D eigenvalue weighted by Crippen LogP contribution is -2.38. The fraction of sp³-hybridized carbons (Fsp3) is 0.529. The summed E-state index contributed by atoms with van der Waals surface area (Å²) in [6, 6.07) is 6.07.